The van der Waals surface area contributed by atoms with Crippen LogP contribution in [0.3, 0.4) is 0 Å². The Balaban J connectivity index is 1.26. The summed E-state index contributed by atoms with van der Waals surface area (Å²) in [4.78, 5) is 7.69. The Morgan fingerprint density at radius 3 is 2.56 bits per heavy atom. The zero-order chi connectivity index (χ0) is 25.4. The van der Waals surface area contributed by atoms with Crippen molar-refractivity contribution in [3.05, 3.63) is 64.1 Å². The number of pyridine rings is 1. The third kappa shape index (κ3) is 3.85. The molecule has 4 heterocycles. The van der Waals surface area contributed by atoms with E-state index in [1.54, 1.807) is 18.2 Å². The van der Waals surface area contributed by atoms with Gasteiger partial charge in [-0.1, -0.05) is 11.6 Å². The summed E-state index contributed by atoms with van der Waals surface area (Å²) in [7, 11) is 0. The van der Waals surface area contributed by atoms with Crippen molar-refractivity contribution >= 4 is 17.4 Å². The van der Waals surface area contributed by atoms with E-state index in [9.17, 15) is 17.6 Å². The summed E-state index contributed by atoms with van der Waals surface area (Å²) in [5.74, 6) is 1.45. The normalized spacial score (nSPS) is 20.4. The van der Waals surface area contributed by atoms with Gasteiger partial charge in [0.25, 0.3) is 0 Å². The maximum atomic E-state index is 14.3. The third-order valence-corrected chi connectivity index (χ3v) is 8.05. The Morgan fingerprint density at radius 2 is 1.83 bits per heavy atom. The molecule has 1 aliphatic carbocycles. The van der Waals surface area contributed by atoms with Crippen molar-refractivity contribution in [2.45, 2.75) is 57.9 Å². The summed E-state index contributed by atoms with van der Waals surface area (Å²) in [6.45, 7) is 4.60. The molecule has 3 aliphatic rings. The molecule has 190 valence electrons. The van der Waals surface area contributed by atoms with Gasteiger partial charge in [0.1, 0.15) is 11.9 Å². The number of alkyl halides is 3. The molecule has 0 amide bonds. The summed E-state index contributed by atoms with van der Waals surface area (Å²) >= 11 is 6.22. The van der Waals surface area contributed by atoms with Crippen LogP contribution in [-0.2, 0) is 13.1 Å². The molecule has 0 N–H and O–H groups in total. The van der Waals surface area contributed by atoms with E-state index in [1.165, 1.54) is 17.9 Å². The molecule has 0 radical (unpaired) electrons. The smallest absolute Gasteiger partial charge is 0.353 e. The SMILES string of the molecule is Cc1ccc(F)c(N2CC3(CC(c4nnc5n4-c4ccc(Cl)cc4CN(C(C)C(F)(F)F)C5)C3)C2)n1. The maximum absolute atomic E-state index is 14.3. The van der Waals surface area contributed by atoms with Crippen LogP contribution in [-0.4, -0.2) is 50.0 Å². The van der Waals surface area contributed by atoms with Gasteiger partial charge >= 0.3 is 6.18 Å². The molecular weight excluding hydrogens is 496 g/mol. The number of rotatable bonds is 3. The van der Waals surface area contributed by atoms with E-state index in [-0.39, 0.29) is 30.2 Å². The lowest BCUT2D eigenvalue weighted by atomic mass is 9.57. The first-order valence-corrected chi connectivity index (χ1v) is 12.3. The second kappa shape index (κ2) is 8.14. The summed E-state index contributed by atoms with van der Waals surface area (Å²) in [6, 6.07) is 6.77. The van der Waals surface area contributed by atoms with Crippen molar-refractivity contribution in [3.63, 3.8) is 0 Å². The van der Waals surface area contributed by atoms with Crippen LogP contribution < -0.4 is 4.90 Å². The number of aryl methyl sites for hydroxylation is 1. The van der Waals surface area contributed by atoms with Crippen LogP contribution in [0.5, 0.6) is 0 Å². The number of anilines is 1. The molecule has 6 nitrogen and oxygen atoms in total. The van der Waals surface area contributed by atoms with Gasteiger partial charge in [-0.15, -0.1) is 10.2 Å². The van der Waals surface area contributed by atoms with E-state index >= 15 is 0 Å². The molecule has 1 spiro atoms. The monoisotopic (exact) mass is 520 g/mol. The summed E-state index contributed by atoms with van der Waals surface area (Å²) in [5, 5.41) is 9.26. The Kier molecular flexibility index (Phi) is 5.35. The molecule has 1 aromatic carbocycles. The van der Waals surface area contributed by atoms with Gasteiger partial charge in [0.15, 0.2) is 17.5 Å². The molecule has 2 aromatic heterocycles. The first kappa shape index (κ1) is 23.7. The van der Waals surface area contributed by atoms with Gasteiger partial charge in [0.05, 0.1) is 12.2 Å². The zero-order valence-corrected chi connectivity index (χ0v) is 20.6. The van der Waals surface area contributed by atoms with Gasteiger partial charge in [-0.2, -0.15) is 13.2 Å². The predicted octanol–water partition coefficient (Wildman–Crippen LogP) is 5.41. The highest BCUT2D eigenvalue weighted by Gasteiger charge is 2.55. The molecule has 2 aliphatic heterocycles. The second-order valence-electron chi connectivity index (χ2n) is 10.4. The molecule has 0 bridgehead atoms. The number of hydrogen-bond acceptors (Lipinski definition) is 5. The predicted molar refractivity (Wildman–Crippen MR) is 127 cm³/mol. The van der Waals surface area contributed by atoms with E-state index in [4.69, 9.17) is 11.6 Å². The second-order valence-corrected chi connectivity index (χ2v) is 10.9. The van der Waals surface area contributed by atoms with Gasteiger partial charge in [-0.05, 0) is 62.6 Å². The molecule has 1 unspecified atom stereocenters. The average molecular weight is 521 g/mol. The fourth-order valence-corrected chi connectivity index (χ4v) is 6.08. The molecule has 2 fully saturated rings. The molecule has 1 atom stereocenters. The third-order valence-electron chi connectivity index (χ3n) is 7.82. The van der Waals surface area contributed by atoms with Crippen molar-refractivity contribution in [2.24, 2.45) is 5.41 Å². The average Bonchev–Trinajstić information content (AvgIpc) is 3.08. The van der Waals surface area contributed by atoms with E-state index in [0.29, 0.717) is 22.2 Å². The molecule has 1 saturated carbocycles. The van der Waals surface area contributed by atoms with Crippen LogP contribution >= 0.6 is 11.6 Å². The van der Waals surface area contributed by atoms with Gasteiger partial charge in [-0.3, -0.25) is 9.47 Å². The Hall–Kier alpha value is -2.72. The fraction of sp³-hybridized carbons (Fsp3) is 0.480. The van der Waals surface area contributed by atoms with E-state index in [1.807, 2.05) is 22.5 Å². The molecule has 6 rings (SSSR count). The lowest BCUT2D eigenvalue weighted by Gasteiger charge is -2.59. The lowest BCUT2D eigenvalue weighted by Crippen LogP contribution is -2.62. The van der Waals surface area contributed by atoms with Crippen LogP contribution in [0.1, 0.15) is 48.6 Å². The van der Waals surface area contributed by atoms with Gasteiger partial charge in [-0.25, -0.2) is 9.37 Å². The number of nitrogens with zero attached hydrogens (tertiary/aromatic N) is 6. The highest BCUT2D eigenvalue weighted by Crippen LogP contribution is 2.57. The van der Waals surface area contributed by atoms with Crippen LogP contribution in [0.25, 0.3) is 5.69 Å². The molecule has 1 saturated heterocycles. The van der Waals surface area contributed by atoms with E-state index in [0.717, 1.165) is 43.1 Å². The first-order valence-electron chi connectivity index (χ1n) is 11.9. The van der Waals surface area contributed by atoms with Gasteiger partial charge in [0, 0.05) is 41.7 Å². The van der Waals surface area contributed by atoms with Crippen molar-refractivity contribution in [1.29, 1.82) is 0 Å². The number of benzene rings is 1. The highest BCUT2D eigenvalue weighted by atomic mass is 35.5. The van der Waals surface area contributed by atoms with Crippen molar-refractivity contribution in [3.8, 4) is 5.69 Å². The highest BCUT2D eigenvalue weighted by molar-refractivity contribution is 6.30. The lowest BCUT2D eigenvalue weighted by molar-refractivity contribution is -0.182. The van der Waals surface area contributed by atoms with Crippen LogP contribution in [0, 0.1) is 18.2 Å². The first-order chi connectivity index (χ1) is 17.0. The maximum Gasteiger partial charge on any atom is 0.403 e. The molecule has 36 heavy (non-hydrogen) atoms. The van der Waals surface area contributed by atoms with Crippen LogP contribution in [0.4, 0.5) is 23.4 Å². The summed E-state index contributed by atoms with van der Waals surface area (Å²) in [5.41, 5.74) is 2.33. The Morgan fingerprint density at radius 1 is 1.08 bits per heavy atom. The topological polar surface area (TPSA) is 50.1 Å². The van der Waals surface area contributed by atoms with Crippen molar-refractivity contribution in [1.82, 2.24) is 24.6 Å². The van der Waals surface area contributed by atoms with Gasteiger partial charge in [0.2, 0.25) is 0 Å². The fourth-order valence-electron chi connectivity index (χ4n) is 5.88. The number of hydrogen-bond donors (Lipinski definition) is 0. The number of fused-ring (bicyclic) bond motifs is 3. The summed E-state index contributed by atoms with van der Waals surface area (Å²) in [6.07, 6.45) is -2.64. The zero-order valence-electron chi connectivity index (χ0n) is 19.9. The largest absolute Gasteiger partial charge is 0.403 e. The minimum atomic E-state index is -4.36. The standard InChI is InChI=1S/C25H25ClF4N6/c1-14-3-5-19(27)23(31-14)35-12-24(13-35)8-17(9-24)22-33-32-21-11-34(15(2)25(28,29)30)10-16-7-18(26)4-6-20(16)36(21)22/h3-7,15,17H,8-13H2,1-2H3. The Bertz CT molecular complexity index is 1320. The van der Waals surface area contributed by atoms with Gasteiger partial charge < -0.3 is 4.90 Å². The number of halogens is 5. The van der Waals surface area contributed by atoms with Crippen molar-refractivity contribution in [2.75, 3.05) is 18.0 Å². The molecule has 3 aromatic rings. The summed E-state index contributed by atoms with van der Waals surface area (Å²) < 4.78 is 56.9. The Labute approximate surface area is 210 Å². The molecule has 11 heteroatoms. The van der Waals surface area contributed by atoms with E-state index in [2.05, 4.69) is 15.2 Å². The van der Waals surface area contributed by atoms with Crippen LogP contribution in [0.15, 0.2) is 30.3 Å². The molecular formula is C25H25ClF4N6. The van der Waals surface area contributed by atoms with Crippen LogP contribution in [0.2, 0.25) is 5.02 Å². The van der Waals surface area contributed by atoms with E-state index < -0.39 is 12.2 Å². The number of aromatic nitrogens is 4. The van der Waals surface area contributed by atoms with Crippen molar-refractivity contribution < 1.29 is 17.6 Å². The minimum Gasteiger partial charge on any atom is -0.353 e. The quantitative estimate of drug-likeness (QED) is 0.432. The minimum absolute atomic E-state index is 0.0317.